The summed E-state index contributed by atoms with van der Waals surface area (Å²) in [6, 6.07) is 16.2. The molecule has 0 bridgehead atoms. The maximum atomic E-state index is 5.94. The molecule has 98 valence electrons. The Bertz CT molecular complexity index is 818. The lowest BCUT2D eigenvalue weighted by Crippen LogP contribution is -2.00. The molecule has 0 saturated carbocycles. The molecule has 1 aromatic heterocycles. The Hall–Kier alpha value is -1.71. The second kappa shape index (κ2) is 4.69. The maximum absolute atomic E-state index is 5.94. The van der Waals surface area contributed by atoms with Crippen LogP contribution in [0, 0.1) is 0 Å². The molecule has 20 heavy (non-hydrogen) atoms. The minimum absolute atomic E-state index is 0.753. The largest absolute Gasteiger partial charge is 0.356 e. The van der Waals surface area contributed by atoms with E-state index >= 15 is 0 Å². The average molecular weight is 299 g/mol. The second-order valence-corrected chi connectivity index (χ2v) is 6.11. The fraction of sp³-hybridized carbons (Fsp3) is 0.0625. The monoisotopic (exact) mass is 298 g/mol. The van der Waals surface area contributed by atoms with Gasteiger partial charge in [-0.05, 0) is 18.2 Å². The number of aromatic nitrogens is 1. The van der Waals surface area contributed by atoms with Crippen LogP contribution in [0.3, 0.4) is 0 Å². The van der Waals surface area contributed by atoms with Gasteiger partial charge in [0.1, 0.15) is 5.04 Å². The van der Waals surface area contributed by atoms with Gasteiger partial charge in [-0.15, -0.1) is 0 Å². The van der Waals surface area contributed by atoms with E-state index in [-0.39, 0.29) is 0 Å². The van der Waals surface area contributed by atoms with Crippen molar-refractivity contribution in [2.75, 3.05) is 0 Å². The van der Waals surface area contributed by atoms with Crippen molar-refractivity contribution < 1.29 is 0 Å². The number of benzene rings is 2. The van der Waals surface area contributed by atoms with Gasteiger partial charge in [-0.3, -0.25) is 0 Å². The van der Waals surface area contributed by atoms with Crippen LogP contribution in [-0.4, -0.2) is 10.0 Å². The van der Waals surface area contributed by atoms with Crippen molar-refractivity contribution in [3.8, 4) is 0 Å². The summed E-state index contributed by atoms with van der Waals surface area (Å²) in [6.45, 7) is 0. The van der Waals surface area contributed by atoms with Crippen LogP contribution in [-0.2, 0) is 5.75 Å². The summed E-state index contributed by atoms with van der Waals surface area (Å²) in [5.74, 6) is 0.922. The van der Waals surface area contributed by atoms with Crippen molar-refractivity contribution in [3.63, 3.8) is 0 Å². The Morgan fingerprint density at radius 2 is 1.85 bits per heavy atom. The van der Waals surface area contributed by atoms with Crippen molar-refractivity contribution in [2.24, 2.45) is 4.99 Å². The summed E-state index contributed by atoms with van der Waals surface area (Å²) < 4.78 is 0. The molecule has 0 spiro atoms. The summed E-state index contributed by atoms with van der Waals surface area (Å²) in [5, 5.41) is 3.00. The molecular weight excluding hydrogens is 288 g/mol. The lowest BCUT2D eigenvalue weighted by Gasteiger charge is -2.12. The molecule has 3 aromatic rings. The highest BCUT2D eigenvalue weighted by Gasteiger charge is 2.18. The standard InChI is InChI=1S/C16H11ClN2S/c17-11-7-5-10(6-8-11)16-19-15-12-3-1-2-4-13(12)18-14(15)9-20-16/h1-8,18H,9H2. The SMILES string of the molecule is Clc1ccc(C2=Nc3c([nH]c4ccccc34)CS2)cc1. The topological polar surface area (TPSA) is 28.1 Å². The molecule has 0 unspecified atom stereocenters. The molecule has 0 atom stereocenters. The van der Waals surface area contributed by atoms with Gasteiger partial charge in [-0.2, -0.15) is 0 Å². The predicted molar refractivity (Wildman–Crippen MR) is 87.2 cm³/mol. The van der Waals surface area contributed by atoms with Crippen molar-refractivity contribution >= 4 is 45.0 Å². The maximum Gasteiger partial charge on any atom is 0.104 e. The van der Waals surface area contributed by atoms with Gasteiger partial charge >= 0.3 is 0 Å². The normalized spacial score (nSPS) is 14.2. The quantitative estimate of drug-likeness (QED) is 0.661. The number of fused-ring (bicyclic) bond motifs is 3. The van der Waals surface area contributed by atoms with E-state index in [2.05, 4.69) is 23.2 Å². The molecule has 0 fully saturated rings. The summed E-state index contributed by atoms with van der Waals surface area (Å²) >= 11 is 7.70. The first-order valence-corrected chi connectivity index (χ1v) is 7.74. The number of H-pyrrole nitrogens is 1. The van der Waals surface area contributed by atoms with E-state index in [9.17, 15) is 0 Å². The zero-order valence-electron chi connectivity index (χ0n) is 10.6. The van der Waals surface area contributed by atoms with E-state index in [0.29, 0.717) is 0 Å². The van der Waals surface area contributed by atoms with E-state index < -0.39 is 0 Å². The molecule has 1 aliphatic heterocycles. The predicted octanol–water partition coefficient (Wildman–Crippen LogP) is 5.15. The van der Waals surface area contributed by atoms with Crippen LogP contribution in [0.1, 0.15) is 11.3 Å². The Morgan fingerprint density at radius 3 is 2.70 bits per heavy atom. The molecule has 2 aromatic carbocycles. The zero-order chi connectivity index (χ0) is 13.5. The van der Waals surface area contributed by atoms with Gasteiger partial charge in [0, 0.05) is 27.2 Å². The smallest absolute Gasteiger partial charge is 0.104 e. The third kappa shape index (κ3) is 1.94. The number of hydrogen-bond donors (Lipinski definition) is 1. The van der Waals surface area contributed by atoms with Gasteiger partial charge in [-0.1, -0.05) is 53.7 Å². The van der Waals surface area contributed by atoms with Crippen LogP contribution in [0.5, 0.6) is 0 Å². The number of rotatable bonds is 1. The Balaban J connectivity index is 1.86. The van der Waals surface area contributed by atoms with E-state index in [1.807, 2.05) is 30.3 Å². The van der Waals surface area contributed by atoms with Crippen molar-refractivity contribution in [2.45, 2.75) is 5.75 Å². The fourth-order valence-electron chi connectivity index (χ4n) is 2.43. The number of para-hydroxylation sites is 1. The van der Waals surface area contributed by atoms with Crippen LogP contribution < -0.4 is 0 Å². The third-order valence-electron chi connectivity index (χ3n) is 3.41. The first-order valence-electron chi connectivity index (χ1n) is 6.38. The molecule has 0 saturated heterocycles. The highest BCUT2D eigenvalue weighted by Crippen LogP contribution is 2.38. The number of aromatic amines is 1. The lowest BCUT2D eigenvalue weighted by molar-refractivity contribution is 1.25. The Morgan fingerprint density at radius 1 is 1.05 bits per heavy atom. The van der Waals surface area contributed by atoms with Crippen LogP contribution in [0.15, 0.2) is 53.5 Å². The van der Waals surface area contributed by atoms with Crippen molar-refractivity contribution in [1.82, 2.24) is 4.98 Å². The van der Waals surface area contributed by atoms with Crippen LogP contribution in [0.4, 0.5) is 5.69 Å². The molecule has 0 amide bonds. The number of thioether (sulfide) groups is 1. The molecule has 2 heterocycles. The van der Waals surface area contributed by atoms with Crippen molar-refractivity contribution in [3.05, 3.63) is 64.8 Å². The number of halogens is 1. The van der Waals surface area contributed by atoms with Crippen LogP contribution in [0.2, 0.25) is 5.02 Å². The van der Waals surface area contributed by atoms with Gasteiger partial charge in [-0.25, -0.2) is 4.99 Å². The van der Waals surface area contributed by atoms with Gasteiger partial charge in [0.15, 0.2) is 0 Å². The summed E-state index contributed by atoms with van der Waals surface area (Å²) in [4.78, 5) is 8.29. The third-order valence-corrected chi connectivity index (χ3v) is 4.70. The zero-order valence-corrected chi connectivity index (χ0v) is 12.1. The Labute approximate surface area is 125 Å². The van der Waals surface area contributed by atoms with Crippen LogP contribution >= 0.6 is 23.4 Å². The molecule has 0 aliphatic carbocycles. The minimum Gasteiger partial charge on any atom is -0.356 e. The molecule has 1 aliphatic rings. The van der Waals surface area contributed by atoms with E-state index in [0.717, 1.165) is 32.6 Å². The summed E-state index contributed by atoms with van der Waals surface area (Å²) in [6.07, 6.45) is 0. The number of hydrogen-bond acceptors (Lipinski definition) is 2. The second-order valence-electron chi connectivity index (χ2n) is 4.71. The molecule has 0 radical (unpaired) electrons. The molecular formula is C16H11ClN2S. The highest BCUT2D eigenvalue weighted by molar-refractivity contribution is 8.13. The molecule has 2 nitrogen and oxygen atoms in total. The summed E-state index contributed by atoms with van der Waals surface area (Å²) in [5.41, 5.74) is 4.55. The summed E-state index contributed by atoms with van der Waals surface area (Å²) in [7, 11) is 0. The Kier molecular flexibility index (Phi) is 2.83. The van der Waals surface area contributed by atoms with Gasteiger partial charge < -0.3 is 4.98 Å². The first kappa shape index (κ1) is 12.1. The number of nitrogens with zero attached hydrogens (tertiary/aromatic N) is 1. The molecule has 4 heteroatoms. The first-order chi connectivity index (χ1) is 9.81. The van der Waals surface area contributed by atoms with Gasteiger partial charge in [0.05, 0.1) is 11.4 Å². The minimum atomic E-state index is 0.753. The van der Waals surface area contributed by atoms with E-state index in [1.54, 1.807) is 11.8 Å². The highest BCUT2D eigenvalue weighted by atomic mass is 35.5. The number of aliphatic imine (C=N–C) groups is 1. The fourth-order valence-corrected chi connectivity index (χ4v) is 3.50. The molecule has 4 rings (SSSR count). The van der Waals surface area contributed by atoms with E-state index in [1.165, 1.54) is 11.1 Å². The van der Waals surface area contributed by atoms with Crippen LogP contribution in [0.25, 0.3) is 10.9 Å². The van der Waals surface area contributed by atoms with E-state index in [4.69, 9.17) is 16.6 Å². The lowest BCUT2D eigenvalue weighted by atomic mass is 10.2. The average Bonchev–Trinajstić information content (AvgIpc) is 2.86. The van der Waals surface area contributed by atoms with Gasteiger partial charge in [0.25, 0.3) is 0 Å². The van der Waals surface area contributed by atoms with Crippen molar-refractivity contribution in [1.29, 1.82) is 0 Å². The van der Waals surface area contributed by atoms with Gasteiger partial charge in [0.2, 0.25) is 0 Å². The molecule has 1 N–H and O–H groups in total. The number of nitrogens with one attached hydrogen (secondary N) is 1.